The van der Waals surface area contributed by atoms with E-state index in [0.717, 1.165) is 6.42 Å². The Balaban J connectivity index is 2.77. The number of allylic oxidation sites excluding steroid dienone is 6. The zero-order chi connectivity index (χ0) is 9.03. The van der Waals surface area contributed by atoms with Crippen LogP contribution in [-0.2, 0) is 0 Å². The monoisotopic (exact) mass is 198 g/mol. The highest BCUT2D eigenvalue weighted by Crippen LogP contribution is 2.29. The van der Waals surface area contributed by atoms with E-state index in [2.05, 4.69) is 49.6 Å². The average molecular weight is 199 g/mol. The van der Waals surface area contributed by atoms with Gasteiger partial charge in [-0.1, -0.05) is 49.6 Å². The largest absolute Gasteiger partial charge is 0.167 e. The van der Waals surface area contributed by atoms with Crippen molar-refractivity contribution in [1.29, 1.82) is 0 Å². The second-order valence-corrected chi connectivity index (χ2v) is 10.3. The van der Waals surface area contributed by atoms with Gasteiger partial charge in [-0.25, -0.2) is 0 Å². The minimum atomic E-state index is -1.55. The summed E-state index contributed by atoms with van der Waals surface area (Å²) < 4.78 is 0. The lowest BCUT2D eigenvalue weighted by Gasteiger charge is -2.20. The molecule has 0 saturated carbocycles. The molecule has 0 amide bonds. The fraction of sp³-hybridized carbons (Fsp3) is 0.400. The summed E-state index contributed by atoms with van der Waals surface area (Å²) >= 11 is 6.35. The Hall–Kier alpha value is -0.273. The smallest absolute Gasteiger partial charge is 0.160 e. The van der Waals surface area contributed by atoms with Crippen molar-refractivity contribution in [3.63, 3.8) is 0 Å². The molecule has 66 valence electrons. The molecule has 1 aliphatic rings. The van der Waals surface area contributed by atoms with Crippen molar-refractivity contribution >= 4 is 18.5 Å². The first-order chi connectivity index (χ1) is 5.61. The predicted molar refractivity (Wildman–Crippen MR) is 59.1 cm³/mol. The van der Waals surface area contributed by atoms with Gasteiger partial charge in [-0.2, -0.15) is 11.1 Å². The van der Waals surface area contributed by atoms with Crippen molar-refractivity contribution in [2.45, 2.75) is 25.1 Å². The average Bonchev–Trinajstić information content (AvgIpc) is 1.81. The molecule has 0 saturated heterocycles. The molecule has 0 aromatic heterocycles. The molecule has 1 unspecified atom stereocenters. The molecule has 0 aliphatic heterocycles. The van der Waals surface area contributed by atoms with E-state index in [9.17, 15) is 0 Å². The molecular weight excluding hydrogens is 184 g/mol. The fourth-order valence-electron chi connectivity index (χ4n) is 1.17. The zero-order valence-electron chi connectivity index (χ0n) is 7.63. The van der Waals surface area contributed by atoms with Crippen molar-refractivity contribution < 1.29 is 0 Å². The Labute approximate surface area is 80.3 Å². The summed E-state index contributed by atoms with van der Waals surface area (Å²) in [5.74, 6) is 0. The Morgan fingerprint density at radius 1 is 1.17 bits per heavy atom. The first-order valence-electron chi connectivity index (χ1n) is 4.29. The zero-order valence-corrected chi connectivity index (χ0v) is 9.38. The van der Waals surface area contributed by atoms with Crippen LogP contribution in [0, 0.1) is 0 Å². The number of hydrogen-bond acceptors (Lipinski definition) is 0. The Kier molecular flexibility index (Phi) is 3.36. The maximum atomic E-state index is 6.35. The Morgan fingerprint density at radius 3 is 2.58 bits per heavy atom. The van der Waals surface area contributed by atoms with E-state index < -0.39 is 7.38 Å². The molecule has 0 radical (unpaired) electrons. The summed E-state index contributed by atoms with van der Waals surface area (Å²) in [6.07, 6.45) is 14.0. The van der Waals surface area contributed by atoms with Crippen molar-refractivity contribution in [2.75, 3.05) is 0 Å². The van der Waals surface area contributed by atoms with Crippen molar-refractivity contribution in [3.8, 4) is 0 Å². The van der Waals surface area contributed by atoms with Crippen LogP contribution in [0.25, 0.3) is 0 Å². The van der Waals surface area contributed by atoms with Crippen molar-refractivity contribution in [1.82, 2.24) is 0 Å². The van der Waals surface area contributed by atoms with E-state index in [-0.39, 0.29) is 0 Å². The number of halogens is 1. The van der Waals surface area contributed by atoms with Crippen molar-refractivity contribution in [3.05, 3.63) is 36.5 Å². The summed E-state index contributed by atoms with van der Waals surface area (Å²) in [7, 11) is -1.55. The van der Waals surface area contributed by atoms with Crippen LogP contribution < -0.4 is 0 Å². The third kappa shape index (κ3) is 3.00. The van der Waals surface area contributed by atoms with Crippen LogP contribution in [0.15, 0.2) is 36.5 Å². The van der Waals surface area contributed by atoms with Gasteiger partial charge in [0.25, 0.3) is 0 Å². The van der Waals surface area contributed by atoms with Gasteiger partial charge in [-0.05, 0) is 6.42 Å². The molecule has 0 N–H and O–H groups in total. The molecule has 0 aromatic carbocycles. The fourth-order valence-corrected chi connectivity index (χ4v) is 2.77. The van der Waals surface area contributed by atoms with Crippen LogP contribution in [0.4, 0.5) is 0 Å². The normalized spacial score (nSPS) is 29.1. The first kappa shape index (κ1) is 9.81. The third-order valence-corrected chi connectivity index (χ3v) is 4.70. The second-order valence-electron chi connectivity index (χ2n) is 3.57. The highest BCUT2D eigenvalue weighted by molar-refractivity contribution is 7.20. The van der Waals surface area contributed by atoms with E-state index in [4.69, 9.17) is 11.1 Å². The SMILES string of the molecule is C[Si](C)(Cl)C1C=CC/C=C\C=C/1. The lowest BCUT2D eigenvalue weighted by Crippen LogP contribution is -2.22. The van der Waals surface area contributed by atoms with Crippen LogP contribution in [0.3, 0.4) is 0 Å². The van der Waals surface area contributed by atoms with Gasteiger partial charge in [-0.15, -0.1) is 0 Å². The van der Waals surface area contributed by atoms with Gasteiger partial charge < -0.3 is 0 Å². The molecular formula is C10H15ClSi. The van der Waals surface area contributed by atoms with Crippen molar-refractivity contribution in [2.24, 2.45) is 0 Å². The standard InChI is InChI=1S/C10H15ClSi/c1-12(2,11)10-8-6-4-3-5-7-9-10/h3-4,6-10H,5H2,1-2H3/b4-3-,8-6-,9-7?. The van der Waals surface area contributed by atoms with Crippen LogP contribution in [0.2, 0.25) is 18.6 Å². The van der Waals surface area contributed by atoms with Crippen LogP contribution in [0.5, 0.6) is 0 Å². The number of rotatable bonds is 1. The van der Waals surface area contributed by atoms with E-state index in [1.807, 2.05) is 0 Å². The summed E-state index contributed by atoms with van der Waals surface area (Å²) in [5, 5.41) is 0. The van der Waals surface area contributed by atoms with Gasteiger partial charge in [0.1, 0.15) is 0 Å². The van der Waals surface area contributed by atoms with Gasteiger partial charge in [-0.3, -0.25) is 0 Å². The molecule has 0 nitrogen and oxygen atoms in total. The molecule has 2 heteroatoms. The van der Waals surface area contributed by atoms with E-state index >= 15 is 0 Å². The molecule has 0 spiro atoms. The third-order valence-electron chi connectivity index (χ3n) is 1.97. The quantitative estimate of drug-likeness (QED) is 0.341. The Bertz CT molecular complexity index is 220. The lowest BCUT2D eigenvalue weighted by molar-refractivity contribution is 1.24. The van der Waals surface area contributed by atoms with Crippen LogP contribution >= 0.6 is 11.1 Å². The molecule has 0 bridgehead atoms. The molecule has 0 aromatic rings. The molecule has 0 fully saturated rings. The summed E-state index contributed by atoms with van der Waals surface area (Å²) in [6.45, 7) is 4.36. The highest BCUT2D eigenvalue weighted by Gasteiger charge is 2.25. The second kappa shape index (κ2) is 4.10. The summed E-state index contributed by atoms with van der Waals surface area (Å²) in [6, 6.07) is 0. The minimum absolute atomic E-state index is 0.476. The topological polar surface area (TPSA) is 0 Å². The highest BCUT2D eigenvalue weighted by atomic mass is 35.6. The van der Waals surface area contributed by atoms with Gasteiger partial charge in [0.05, 0.1) is 0 Å². The van der Waals surface area contributed by atoms with Gasteiger partial charge in [0.15, 0.2) is 7.38 Å². The molecule has 0 heterocycles. The maximum absolute atomic E-state index is 6.35. The molecule has 12 heavy (non-hydrogen) atoms. The van der Waals surface area contributed by atoms with E-state index in [1.54, 1.807) is 0 Å². The maximum Gasteiger partial charge on any atom is 0.160 e. The summed E-state index contributed by atoms with van der Waals surface area (Å²) in [4.78, 5) is 0. The van der Waals surface area contributed by atoms with E-state index in [1.165, 1.54) is 0 Å². The van der Waals surface area contributed by atoms with Crippen LogP contribution in [0.1, 0.15) is 6.42 Å². The molecule has 1 aliphatic carbocycles. The predicted octanol–water partition coefficient (Wildman–Crippen LogP) is 3.87. The van der Waals surface area contributed by atoms with Gasteiger partial charge in [0.2, 0.25) is 0 Å². The molecule has 1 rings (SSSR count). The minimum Gasteiger partial charge on any atom is -0.167 e. The van der Waals surface area contributed by atoms with Gasteiger partial charge >= 0.3 is 0 Å². The first-order valence-corrected chi connectivity index (χ1v) is 8.38. The Morgan fingerprint density at radius 2 is 1.92 bits per heavy atom. The molecule has 1 atom stereocenters. The van der Waals surface area contributed by atoms with E-state index in [0.29, 0.717) is 5.54 Å². The van der Waals surface area contributed by atoms with Crippen LogP contribution in [-0.4, -0.2) is 7.38 Å². The van der Waals surface area contributed by atoms with Gasteiger partial charge in [0, 0.05) is 5.54 Å². The summed E-state index contributed by atoms with van der Waals surface area (Å²) in [5.41, 5.74) is 0.476. The number of hydrogen-bond donors (Lipinski definition) is 0. The lowest BCUT2D eigenvalue weighted by atomic mass is 10.2.